The van der Waals surface area contributed by atoms with Gasteiger partial charge in [0.2, 0.25) is 0 Å². The van der Waals surface area contributed by atoms with Gasteiger partial charge in [-0.1, -0.05) is 153 Å². The standard InChI is InChI=1S/C51H35NOS/c1-51(2)43-19-8-6-15-42(43)47-44(51)31-30-41-40-18-11-20-45(49(40)54-50(41)47)52(35-26-22-33(23-27-35)32-12-4-3-5-13-32)36-28-24-34(25-29-36)37-16-10-17-39-38-14-7-9-21-46(38)53-48(37)39/h3-31H,1-2H3. The number of anilines is 3. The van der Waals surface area contributed by atoms with E-state index < -0.39 is 0 Å². The highest BCUT2D eigenvalue weighted by Crippen LogP contribution is 2.55. The van der Waals surface area contributed by atoms with Crippen molar-refractivity contribution in [3.05, 3.63) is 187 Å². The van der Waals surface area contributed by atoms with Gasteiger partial charge >= 0.3 is 0 Å². The van der Waals surface area contributed by atoms with Crippen molar-refractivity contribution >= 4 is 70.5 Å². The van der Waals surface area contributed by atoms with E-state index in [9.17, 15) is 0 Å². The van der Waals surface area contributed by atoms with Crippen LogP contribution >= 0.6 is 11.3 Å². The molecule has 11 rings (SSSR count). The summed E-state index contributed by atoms with van der Waals surface area (Å²) in [5, 5.41) is 4.89. The number of nitrogens with zero attached hydrogens (tertiary/aromatic N) is 1. The van der Waals surface area contributed by atoms with E-state index in [1.165, 1.54) is 59.2 Å². The van der Waals surface area contributed by atoms with Crippen LogP contribution in [0.2, 0.25) is 0 Å². The molecule has 8 aromatic carbocycles. The Labute approximate surface area is 318 Å². The van der Waals surface area contributed by atoms with Crippen molar-refractivity contribution < 1.29 is 4.42 Å². The zero-order valence-electron chi connectivity index (χ0n) is 30.0. The highest BCUT2D eigenvalue weighted by molar-refractivity contribution is 7.27. The number of fused-ring (bicyclic) bond motifs is 10. The van der Waals surface area contributed by atoms with Gasteiger partial charge in [0.1, 0.15) is 11.2 Å². The van der Waals surface area contributed by atoms with E-state index >= 15 is 0 Å². The third-order valence-electron chi connectivity index (χ3n) is 11.5. The van der Waals surface area contributed by atoms with E-state index in [1.54, 1.807) is 0 Å². The highest BCUT2D eigenvalue weighted by Gasteiger charge is 2.37. The lowest BCUT2D eigenvalue weighted by Crippen LogP contribution is -2.14. The zero-order chi connectivity index (χ0) is 36.0. The molecule has 2 heterocycles. The number of rotatable bonds is 5. The molecular weight excluding hydrogens is 675 g/mol. The van der Waals surface area contributed by atoms with E-state index in [1.807, 2.05) is 23.5 Å². The third-order valence-corrected chi connectivity index (χ3v) is 12.8. The van der Waals surface area contributed by atoms with Gasteiger partial charge in [-0.15, -0.1) is 11.3 Å². The van der Waals surface area contributed by atoms with Gasteiger partial charge in [-0.05, 0) is 69.8 Å². The average Bonchev–Trinajstić information content (AvgIpc) is 3.87. The van der Waals surface area contributed by atoms with Crippen LogP contribution in [0.5, 0.6) is 0 Å². The summed E-state index contributed by atoms with van der Waals surface area (Å²) in [4.78, 5) is 2.43. The van der Waals surface area contributed by atoms with Crippen LogP contribution in [0.4, 0.5) is 17.1 Å². The molecule has 10 aromatic rings. The maximum atomic E-state index is 6.44. The Morgan fingerprint density at radius 2 is 1.06 bits per heavy atom. The molecule has 0 amide bonds. The molecule has 0 radical (unpaired) electrons. The van der Waals surface area contributed by atoms with Crippen LogP contribution in [0.15, 0.2) is 180 Å². The molecule has 0 atom stereocenters. The monoisotopic (exact) mass is 709 g/mol. The molecule has 256 valence electrons. The number of hydrogen-bond acceptors (Lipinski definition) is 3. The Hall–Kier alpha value is -6.42. The predicted octanol–water partition coefficient (Wildman–Crippen LogP) is 15.1. The predicted molar refractivity (Wildman–Crippen MR) is 230 cm³/mol. The number of furan rings is 1. The summed E-state index contributed by atoms with van der Waals surface area (Å²) < 4.78 is 9.08. The zero-order valence-corrected chi connectivity index (χ0v) is 30.8. The van der Waals surface area contributed by atoms with E-state index in [-0.39, 0.29) is 5.41 Å². The van der Waals surface area contributed by atoms with Gasteiger partial charge in [-0.25, -0.2) is 0 Å². The fourth-order valence-electron chi connectivity index (χ4n) is 8.83. The van der Waals surface area contributed by atoms with Gasteiger partial charge < -0.3 is 9.32 Å². The number of thiophene rings is 1. The molecule has 0 N–H and O–H groups in total. The Kier molecular flexibility index (Phi) is 6.80. The minimum atomic E-state index is -0.0416. The SMILES string of the molecule is CC1(C)c2ccccc2-c2c1ccc1c2sc2c(N(c3ccc(-c4ccccc4)cc3)c3ccc(-c4cccc5c4oc4ccccc45)cc3)cccc21. The fraction of sp³-hybridized carbons (Fsp3) is 0.0588. The summed E-state index contributed by atoms with van der Waals surface area (Å²) in [6, 6.07) is 63.8. The lowest BCUT2D eigenvalue weighted by Gasteiger charge is -2.26. The molecule has 1 aliphatic rings. The van der Waals surface area contributed by atoms with Crippen LogP contribution in [-0.2, 0) is 5.41 Å². The third kappa shape index (κ3) is 4.58. The van der Waals surface area contributed by atoms with Crippen LogP contribution in [0.25, 0.3) is 75.5 Å². The first-order valence-electron chi connectivity index (χ1n) is 18.6. The van der Waals surface area contributed by atoms with Crippen molar-refractivity contribution in [2.24, 2.45) is 0 Å². The van der Waals surface area contributed by atoms with Crippen LogP contribution in [-0.4, -0.2) is 0 Å². The lowest BCUT2D eigenvalue weighted by atomic mass is 9.82. The van der Waals surface area contributed by atoms with Gasteiger partial charge in [0.15, 0.2) is 0 Å². The van der Waals surface area contributed by atoms with Crippen LogP contribution in [0.3, 0.4) is 0 Å². The molecule has 0 spiro atoms. The molecule has 1 aliphatic carbocycles. The summed E-state index contributed by atoms with van der Waals surface area (Å²) in [7, 11) is 0. The maximum Gasteiger partial charge on any atom is 0.143 e. The molecule has 54 heavy (non-hydrogen) atoms. The van der Waals surface area contributed by atoms with Crippen molar-refractivity contribution in [3.8, 4) is 33.4 Å². The molecule has 0 unspecified atom stereocenters. The van der Waals surface area contributed by atoms with Crippen LogP contribution in [0, 0.1) is 0 Å². The van der Waals surface area contributed by atoms with Crippen molar-refractivity contribution in [3.63, 3.8) is 0 Å². The molecule has 3 heteroatoms. The van der Waals surface area contributed by atoms with Crippen molar-refractivity contribution in [2.75, 3.05) is 4.90 Å². The summed E-state index contributed by atoms with van der Waals surface area (Å²) in [6.45, 7) is 4.73. The van der Waals surface area contributed by atoms with Gasteiger partial charge in [0.05, 0.1) is 10.4 Å². The Morgan fingerprint density at radius 1 is 0.444 bits per heavy atom. The van der Waals surface area contributed by atoms with E-state index in [2.05, 4.69) is 183 Å². The van der Waals surface area contributed by atoms with Gasteiger partial charge in [0, 0.05) is 54.2 Å². The Bertz CT molecular complexity index is 3060. The lowest BCUT2D eigenvalue weighted by molar-refractivity contribution is 0.661. The highest BCUT2D eigenvalue weighted by atomic mass is 32.1. The summed E-state index contributed by atoms with van der Waals surface area (Å²) in [5.41, 5.74) is 15.4. The first kappa shape index (κ1) is 31.1. The second-order valence-corrected chi connectivity index (χ2v) is 15.9. The Morgan fingerprint density at radius 3 is 1.87 bits per heavy atom. The van der Waals surface area contributed by atoms with E-state index in [4.69, 9.17) is 4.42 Å². The van der Waals surface area contributed by atoms with Crippen molar-refractivity contribution in [1.82, 2.24) is 0 Å². The molecular formula is C51H35NOS. The molecule has 0 saturated heterocycles. The molecule has 2 nitrogen and oxygen atoms in total. The van der Waals surface area contributed by atoms with Crippen molar-refractivity contribution in [2.45, 2.75) is 19.3 Å². The average molecular weight is 710 g/mol. The first-order valence-corrected chi connectivity index (χ1v) is 19.4. The van der Waals surface area contributed by atoms with Gasteiger partial charge in [-0.2, -0.15) is 0 Å². The molecule has 2 aromatic heterocycles. The summed E-state index contributed by atoms with van der Waals surface area (Å²) in [6.07, 6.45) is 0. The minimum Gasteiger partial charge on any atom is -0.455 e. The fourth-order valence-corrected chi connectivity index (χ4v) is 10.2. The first-order chi connectivity index (χ1) is 26.5. The quantitative estimate of drug-likeness (QED) is 0.177. The second kappa shape index (κ2) is 11.8. The smallest absolute Gasteiger partial charge is 0.143 e. The second-order valence-electron chi connectivity index (χ2n) is 14.9. The van der Waals surface area contributed by atoms with Crippen molar-refractivity contribution in [1.29, 1.82) is 0 Å². The van der Waals surface area contributed by atoms with Crippen LogP contribution < -0.4 is 4.90 Å². The molecule has 0 saturated carbocycles. The molecule has 0 fully saturated rings. The minimum absolute atomic E-state index is 0.0416. The van der Waals surface area contributed by atoms with E-state index in [0.717, 1.165) is 44.4 Å². The molecule has 0 bridgehead atoms. The summed E-state index contributed by atoms with van der Waals surface area (Å²) in [5.74, 6) is 0. The molecule has 0 aliphatic heterocycles. The summed E-state index contributed by atoms with van der Waals surface area (Å²) >= 11 is 1.92. The topological polar surface area (TPSA) is 16.4 Å². The number of benzene rings is 8. The van der Waals surface area contributed by atoms with Gasteiger partial charge in [-0.3, -0.25) is 0 Å². The Balaban J connectivity index is 1.09. The maximum absolute atomic E-state index is 6.44. The normalized spacial score (nSPS) is 13.1. The largest absolute Gasteiger partial charge is 0.455 e. The van der Waals surface area contributed by atoms with E-state index in [0.29, 0.717) is 0 Å². The number of hydrogen-bond donors (Lipinski definition) is 0. The van der Waals surface area contributed by atoms with Crippen LogP contribution in [0.1, 0.15) is 25.0 Å². The van der Waals surface area contributed by atoms with Gasteiger partial charge in [0.25, 0.3) is 0 Å². The number of para-hydroxylation sites is 2.